The maximum atomic E-state index is 11.0. The molecule has 1 amide bonds. The maximum absolute atomic E-state index is 11.0. The van der Waals surface area contributed by atoms with Crippen LogP contribution in [-0.2, 0) is 9.59 Å². The van der Waals surface area contributed by atoms with Gasteiger partial charge in [0.25, 0.3) is 0 Å². The van der Waals surface area contributed by atoms with Gasteiger partial charge < -0.3 is 10.4 Å². The van der Waals surface area contributed by atoms with Crippen LogP contribution in [0.2, 0.25) is 0 Å². The molecule has 0 radical (unpaired) electrons. The zero-order chi connectivity index (χ0) is 13.0. The molecule has 0 aliphatic carbocycles. The van der Waals surface area contributed by atoms with Crippen LogP contribution in [0.3, 0.4) is 0 Å². The van der Waals surface area contributed by atoms with Gasteiger partial charge in [-0.15, -0.1) is 0 Å². The predicted molar refractivity (Wildman–Crippen MR) is 64.7 cm³/mol. The highest BCUT2D eigenvalue weighted by Crippen LogP contribution is 2.19. The summed E-state index contributed by atoms with van der Waals surface area (Å²) in [5.74, 6) is -1.02. The number of hydrogen-bond acceptors (Lipinski definition) is 2. The first-order valence-electron chi connectivity index (χ1n) is 5.51. The highest BCUT2D eigenvalue weighted by Gasteiger charge is 2.20. The van der Waals surface area contributed by atoms with Crippen LogP contribution in [-0.4, -0.2) is 17.0 Å². The van der Waals surface area contributed by atoms with Crippen molar-refractivity contribution in [1.82, 2.24) is 5.32 Å². The lowest BCUT2D eigenvalue weighted by molar-refractivity contribution is -0.141. The Bertz CT molecular complexity index is 409. The first kappa shape index (κ1) is 13.2. The normalized spacial score (nSPS) is 12.2. The van der Waals surface area contributed by atoms with Crippen LogP contribution in [0.15, 0.2) is 24.3 Å². The molecule has 1 atom stereocenters. The van der Waals surface area contributed by atoms with Gasteiger partial charge in [0.1, 0.15) is 0 Å². The van der Waals surface area contributed by atoms with E-state index in [1.54, 1.807) is 12.1 Å². The lowest BCUT2D eigenvalue weighted by atomic mass is 9.99. The third-order valence-electron chi connectivity index (χ3n) is 2.53. The van der Waals surface area contributed by atoms with E-state index < -0.39 is 12.0 Å². The summed E-state index contributed by atoms with van der Waals surface area (Å²) >= 11 is 0. The Balaban J connectivity index is 2.95. The molecule has 0 fully saturated rings. The Labute approximate surface area is 101 Å². The van der Waals surface area contributed by atoms with Crippen LogP contribution in [0.25, 0.3) is 0 Å². The van der Waals surface area contributed by atoms with Gasteiger partial charge in [-0.1, -0.05) is 38.1 Å². The van der Waals surface area contributed by atoms with Crippen LogP contribution < -0.4 is 5.32 Å². The average Bonchev–Trinajstić information content (AvgIpc) is 2.25. The van der Waals surface area contributed by atoms with Crippen molar-refractivity contribution < 1.29 is 14.7 Å². The largest absolute Gasteiger partial charge is 0.479 e. The Morgan fingerprint density at radius 3 is 1.94 bits per heavy atom. The van der Waals surface area contributed by atoms with Crippen molar-refractivity contribution in [3.8, 4) is 0 Å². The molecule has 0 saturated heterocycles. The van der Waals surface area contributed by atoms with E-state index in [-0.39, 0.29) is 5.91 Å². The van der Waals surface area contributed by atoms with Crippen LogP contribution in [0.4, 0.5) is 0 Å². The van der Waals surface area contributed by atoms with Gasteiger partial charge in [0.2, 0.25) is 5.91 Å². The summed E-state index contributed by atoms with van der Waals surface area (Å²) in [6.07, 6.45) is 0. The van der Waals surface area contributed by atoms with E-state index in [9.17, 15) is 9.59 Å². The zero-order valence-electron chi connectivity index (χ0n) is 10.2. The van der Waals surface area contributed by atoms with Crippen molar-refractivity contribution in [3.05, 3.63) is 35.4 Å². The zero-order valence-corrected chi connectivity index (χ0v) is 10.2. The number of hydrogen-bond donors (Lipinski definition) is 2. The lowest BCUT2D eigenvalue weighted by Crippen LogP contribution is -2.31. The number of nitrogens with one attached hydrogen (secondary N) is 1. The molecule has 1 aromatic rings. The van der Waals surface area contributed by atoms with Gasteiger partial charge >= 0.3 is 5.97 Å². The van der Waals surface area contributed by atoms with Gasteiger partial charge in [0, 0.05) is 6.92 Å². The minimum absolute atomic E-state index is 0.356. The van der Waals surface area contributed by atoms with E-state index in [0.717, 1.165) is 5.56 Å². The number of benzene rings is 1. The van der Waals surface area contributed by atoms with Gasteiger partial charge in [-0.05, 0) is 17.0 Å². The summed E-state index contributed by atoms with van der Waals surface area (Å²) in [5.41, 5.74) is 1.72. The second-order valence-electron chi connectivity index (χ2n) is 4.29. The fourth-order valence-corrected chi connectivity index (χ4v) is 1.56. The number of carboxylic acid groups (broad SMARTS) is 1. The van der Waals surface area contributed by atoms with Gasteiger partial charge in [-0.2, -0.15) is 0 Å². The number of rotatable bonds is 4. The molecule has 0 heterocycles. The number of amides is 1. The summed E-state index contributed by atoms with van der Waals surface area (Å²) in [6, 6.07) is 6.28. The highest BCUT2D eigenvalue weighted by molar-refractivity contribution is 5.83. The molecule has 0 aliphatic rings. The molecule has 0 bridgehead atoms. The van der Waals surface area contributed by atoms with Gasteiger partial charge in [0.05, 0.1) is 0 Å². The third-order valence-corrected chi connectivity index (χ3v) is 2.53. The molecule has 0 spiro atoms. The van der Waals surface area contributed by atoms with Crippen LogP contribution >= 0.6 is 0 Å². The summed E-state index contributed by atoms with van der Waals surface area (Å²) < 4.78 is 0. The summed E-state index contributed by atoms with van der Waals surface area (Å²) in [4.78, 5) is 22.0. The van der Waals surface area contributed by atoms with Gasteiger partial charge in [-0.25, -0.2) is 4.79 Å². The molecule has 17 heavy (non-hydrogen) atoms. The molecule has 1 aromatic carbocycles. The number of aliphatic carboxylic acids is 1. The smallest absolute Gasteiger partial charge is 0.330 e. The number of carboxylic acids is 1. The van der Waals surface area contributed by atoms with E-state index in [0.29, 0.717) is 11.5 Å². The quantitative estimate of drug-likeness (QED) is 0.839. The van der Waals surface area contributed by atoms with E-state index in [2.05, 4.69) is 19.2 Å². The van der Waals surface area contributed by atoms with E-state index in [1.165, 1.54) is 6.92 Å². The SMILES string of the molecule is CC(=O)NC(C(=O)O)c1ccc(C(C)C)cc1. The van der Waals surface area contributed by atoms with E-state index in [4.69, 9.17) is 5.11 Å². The van der Waals surface area contributed by atoms with Crippen molar-refractivity contribution in [1.29, 1.82) is 0 Å². The maximum Gasteiger partial charge on any atom is 0.330 e. The number of carbonyl (C=O) groups excluding carboxylic acids is 1. The van der Waals surface area contributed by atoms with Gasteiger partial charge in [-0.3, -0.25) is 4.79 Å². The second kappa shape index (κ2) is 5.48. The van der Waals surface area contributed by atoms with E-state index >= 15 is 0 Å². The monoisotopic (exact) mass is 235 g/mol. The van der Waals surface area contributed by atoms with E-state index in [1.807, 2.05) is 12.1 Å². The lowest BCUT2D eigenvalue weighted by Gasteiger charge is -2.14. The van der Waals surface area contributed by atoms with Crippen LogP contribution in [0.1, 0.15) is 43.9 Å². The van der Waals surface area contributed by atoms with Crippen molar-refractivity contribution in [2.75, 3.05) is 0 Å². The molecule has 1 unspecified atom stereocenters. The standard InChI is InChI=1S/C13H17NO3/c1-8(2)10-4-6-11(7-5-10)12(13(16)17)14-9(3)15/h4-8,12H,1-3H3,(H,14,15)(H,16,17). The van der Waals surface area contributed by atoms with Crippen LogP contribution in [0.5, 0.6) is 0 Å². The van der Waals surface area contributed by atoms with Crippen molar-refractivity contribution in [3.63, 3.8) is 0 Å². The molecule has 2 N–H and O–H groups in total. The first-order valence-corrected chi connectivity index (χ1v) is 5.51. The molecule has 4 heteroatoms. The second-order valence-corrected chi connectivity index (χ2v) is 4.29. The minimum Gasteiger partial charge on any atom is -0.479 e. The fourth-order valence-electron chi connectivity index (χ4n) is 1.56. The average molecular weight is 235 g/mol. The summed E-state index contributed by atoms with van der Waals surface area (Å²) in [7, 11) is 0. The Kier molecular flexibility index (Phi) is 4.26. The summed E-state index contributed by atoms with van der Waals surface area (Å²) in [5, 5.41) is 11.4. The molecule has 0 saturated carbocycles. The third kappa shape index (κ3) is 3.59. The molecular weight excluding hydrogens is 218 g/mol. The predicted octanol–water partition coefficient (Wildman–Crippen LogP) is 2.07. The first-order chi connectivity index (χ1) is 7.91. The highest BCUT2D eigenvalue weighted by atomic mass is 16.4. The Morgan fingerprint density at radius 1 is 1.12 bits per heavy atom. The van der Waals surface area contributed by atoms with Crippen LogP contribution in [0, 0.1) is 0 Å². The molecule has 1 rings (SSSR count). The van der Waals surface area contributed by atoms with Crippen molar-refractivity contribution >= 4 is 11.9 Å². The molecule has 0 aromatic heterocycles. The Morgan fingerprint density at radius 2 is 1.59 bits per heavy atom. The Hall–Kier alpha value is -1.84. The molecule has 92 valence electrons. The molecular formula is C13H17NO3. The minimum atomic E-state index is -1.06. The topological polar surface area (TPSA) is 66.4 Å². The molecule has 0 aliphatic heterocycles. The van der Waals surface area contributed by atoms with Gasteiger partial charge in [0.15, 0.2) is 6.04 Å². The number of carbonyl (C=O) groups is 2. The fraction of sp³-hybridized carbons (Fsp3) is 0.385. The summed E-state index contributed by atoms with van der Waals surface area (Å²) in [6.45, 7) is 5.44. The van der Waals surface area contributed by atoms with Crippen molar-refractivity contribution in [2.45, 2.75) is 32.7 Å². The van der Waals surface area contributed by atoms with Crippen molar-refractivity contribution in [2.24, 2.45) is 0 Å². The molecule has 4 nitrogen and oxygen atoms in total.